The molecule has 0 amide bonds. The van der Waals surface area contributed by atoms with Gasteiger partial charge in [-0.15, -0.1) is 0 Å². The molecular formula is C21H18ClF3N2O4S. The molecule has 0 aliphatic carbocycles. The summed E-state index contributed by atoms with van der Waals surface area (Å²) in [7, 11) is -3.24. The largest absolute Gasteiger partial charge is 0.465 e. The lowest BCUT2D eigenvalue weighted by atomic mass is 10.1. The maximum absolute atomic E-state index is 13.4. The van der Waals surface area contributed by atoms with E-state index >= 15 is 0 Å². The van der Waals surface area contributed by atoms with Crippen LogP contribution in [0.15, 0.2) is 59.8 Å². The first-order valence-electron chi connectivity index (χ1n) is 9.26. The molecule has 0 aliphatic heterocycles. The van der Waals surface area contributed by atoms with Crippen molar-refractivity contribution in [2.24, 2.45) is 0 Å². The highest BCUT2D eigenvalue weighted by Crippen LogP contribution is 2.39. The number of carbonyl (C=O) groups is 1. The topological polar surface area (TPSA) is 77.4 Å². The average Bonchev–Trinajstić information content (AvgIpc) is 3.27. The molecule has 170 valence electrons. The van der Waals surface area contributed by atoms with Crippen LogP contribution in [0.3, 0.4) is 0 Å². The number of anilines is 1. The van der Waals surface area contributed by atoms with E-state index in [1.54, 1.807) is 19.1 Å². The zero-order chi connectivity index (χ0) is 23.7. The van der Waals surface area contributed by atoms with Crippen LogP contribution in [-0.4, -0.2) is 26.1 Å². The van der Waals surface area contributed by atoms with Gasteiger partial charge in [0, 0.05) is 12.4 Å². The summed E-state index contributed by atoms with van der Waals surface area (Å²) in [6, 6.07) is 8.93. The number of carbonyl (C=O) groups excluding carboxylic acids is 1. The first-order chi connectivity index (χ1) is 15.0. The van der Waals surface area contributed by atoms with Gasteiger partial charge in [-0.1, -0.05) is 24.6 Å². The van der Waals surface area contributed by atoms with Crippen molar-refractivity contribution in [3.8, 4) is 5.69 Å². The van der Waals surface area contributed by atoms with Gasteiger partial charge >= 0.3 is 12.1 Å². The van der Waals surface area contributed by atoms with E-state index in [1.165, 1.54) is 29.1 Å². The van der Waals surface area contributed by atoms with Gasteiger partial charge in [0.25, 0.3) is 10.0 Å². The highest BCUT2D eigenvalue weighted by Gasteiger charge is 2.35. The number of aromatic nitrogens is 1. The number of benzene rings is 2. The van der Waals surface area contributed by atoms with E-state index in [4.69, 9.17) is 11.6 Å². The fraction of sp³-hybridized carbons (Fsp3) is 0.190. The monoisotopic (exact) mass is 486 g/mol. The standard InChI is InChI=1S/C21H18ClF3N2O4S/c1-3-13-6-7-14(20(28)31-2)10-19(13)32(29,30)26-17-11-15(21(23,24)25)16(22)12-18(17)27-8-4-5-9-27/h4-12,26H,3H2,1-2H3. The van der Waals surface area contributed by atoms with E-state index in [2.05, 4.69) is 9.46 Å². The van der Waals surface area contributed by atoms with Gasteiger partial charge in [0.15, 0.2) is 0 Å². The van der Waals surface area contributed by atoms with Crippen LogP contribution in [0.2, 0.25) is 5.02 Å². The van der Waals surface area contributed by atoms with Crippen LogP contribution < -0.4 is 4.72 Å². The molecule has 0 spiro atoms. The number of halogens is 4. The number of nitrogens with zero attached hydrogens (tertiary/aromatic N) is 1. The van der Waals surface area contributed by atoms with Crippen molar-refractivity contribution in [2.75, 3.05) is 11.8 Å². The summed E-state index contributed by atoms with van der Waals surface area (Å²) in [5.74, 6) is -0.747. The molecule has 1 N–H and O–H groups in total. The molecule has 1 aromatic heterocycles. The Hall–Kier alpha value is -2.98. The molecule has 2 aromatic carbocycles. The second-order valence-corrected chi connectivity index (χ2v) is 8.77. The van der Waals surface area contributed by atoms with Crippen molar-refractivity contribution in [3.63, 3.8) is 0 Å². The zero-order valence-electron chi connectivity index (χ0n) is 16.9. The SMILES string of the molecule is CCc1ccc(C(=O)OC)cc1S(=O)(=O)Nc1cc(C(F)(F)F)c(Cl)cc1-n1cccc1. The second-order valence-electron chi connectivity index (χ2n) is 6.71. The van der Waals surface area contributed by atoms with E-state index < -0.39 is 32.8 Å². The average molecular weight is 487 g/mol. The summed E-state index contributed by atoms with van der Waals surface area (Å²) in [6.07, 6.45) is -1.43. The van der Waals surface area contributed by atoms with Crippen molar-refractivity contribution in [2.45, 2.75) is 24.4 Å². The van der Waals surface area contributed by atoms with Crippen LogP contribution in [0, 0.1) is 0 Å². The molecule has 0 fully saturated rings. The van der Waals surface area contributed by atoms with E-state index in [9.17, 15) is 26.4 Å². The van der Waals surface area contributed by atoms with E-state index in [0.717, 1.165) is 19.2 Å². The van der Waals surface area contributed by atoms with Gasteiger partial charge in [0.05, 0.1) is 39.5 Å². The Balaban J connectivity index is 2.18. The van der Waals surface area contributed by atoms with Crippen molar-refractivity contribution in [1.82, 2.24) is 4.57 Å². The summed E-state index contributed by atoms with van der Waals surface area (Å²) in [6.45, 7) is 1.71. The van der Waals surface area contributed by atoms with Crippen LogP contribution >= 0.6 is 11.6 Å². The van der Waals surface area contributed by atoms with E-state index in [-0.39, 0.29) is 21.8 Å². The highest BCUT2D eigenvalue weighted by molar-refractivity contribution is 7.92. The third-order valence-corrected chi connectivity index (χ3v) is 6.44. The molecule has 0 unspecified atom stereocenters. The Bertz CT molecular complexity index is 1260. The van der Waals surface area contributed by atoms with Crippen LogP contribution in [0.5, 0.6) is 0 Å². The number of nitrogens with one attached hydrogen (secondary N) is 1. The van der Waals surface area contributed by atoms with Crippen molar-refractivity contribution in [1.29, 1.82) is 0 Å². The fourth-order valence-corrected chi connectivity index (χ4v) is 4.78. The molecule has 0 radical (unpaired) electrons. The predicted molar refractivity (Wildman–Crippen MR) is 114 cm³/mol. The molecule has 0 atom stereocenters. The minimum Gasteiger partial charge on any atom is -0.465 e. The lowest BCUT2D eigenvalue weighted by molar-refractivity contribution is -0.137. The number of sulfonamides is 1. The summed E-state index contributed by atoms with van der Waals surface area (Å²) >= 11 is 5.85. The summed E-state index contributed by atoms with van der Waals surface area (Å²) in [5, 5.41) is -0.578. The number of esters is 1. The lowest BCUT2D eigenvalue weighted by Crippen LogP contribution is -2.18. The number of methoxy groups -OCH3 is 1. The summed E-state index contributed by atoms with van der Waals surface area (Å²) < 4.78 is 75.1. The zero-order valence-corrected chi connectivity index (χ0v) is 18.5. The highest BCUT2D eigenvalue weighted by atomic mass is 35.5. The van der Waals surface area contributed by atoms with Crippen molar-refractivity contribution >= 4 is 33.3 Å². The van der Waals surface area contributed by atoms with Gasteiger partial charge in [-0.05, 0) is 48.4 Å². The second kappa shape index (κ2) is 8.87. The molecular weight excluding hydrogens is 469 g/mol. The molecule has 11 heteroatoms. The normalized spacial score (nSPS) is 11.9. The molecule has 3 rings (SSSR count). The van der Waals surface area contributed by atoms with E-state index in [0.29, 0.717) is 18.1 Å². The summed E-state index contributed by atoms with van der Waals surface area (Å²) in [4.78, 5) is 11.6. The van der Waals surface area contributed by atoms with Gasteiger partial charge in [-0.3, -0.25) is 4.72 Å². The van der Waals surface area contributed by atoms with Gasteiger partial charge in [-0.25, -0.2) is 13.2 Å². The van der Waals surface area contributed by atoms with Gasteiger partial charge in [0.1, 0.15) is 0 Å². The predicted octanol–water partition coefficient (Wildman–Crippen LogP) is 5.30. The molecule has 1 heterocycles. The third-order valence-electron chi connectivity index (χ3n) is 4.68. The smallest absolute Gasteiger partial charge is 0.417 e. The van der Waals surface area contributed by atoms with Crippen LogP contribution in [0.25, 0.3) is 5.69 Å². The quantitative estimate of drug-likeness (QED) is 0.480. The minimum atomic E-state index is -4.80. The molecule has 3 aromatic rings. The number of hydrogen-bond acceptors (Lipinski definition) is 4. The van der Waals surface area contributed by atoms with Crippen LogP contribution in [0.1, 0.15) is 28.4 Å². The first kappa shape index (κ1) is 23.7. The molecule has 32 heavy (non-hydrogen) atoms. The number of ether oxygens (including phenoxy) is 1. The number of alkyl halides is 3. The Morgan fingerprint density at radius 3 is 2.38 bits per heavy atom. The van der Waals surface area contributed by atoms with Crippen molar-refractivity contribution in [3.05, 3.63) is 76.6 Å². The molecule has 0 saturated carbocycles. The number of hydrogen-bond donors (Lipinski definition) is 1. The maximum atomic E-state index is 13.4. The van der Waals surface area contributed by atoms with Gasteiger partial charge < -0.3 is 9.30 Å². The van der Waals surface area contributed by atoms with Crippen molar-refractivity contribution < 1.29 is 31.1 Å². The Kier molecular flexibility index (Phi) is 6.56. The molecule has 0 bridgehead atoms. The van der Waals surface area contributed by atoms with E-state index in [1.807, 2.05) is 0 Å². The Labute approximate surface area is 187 Å². The maximum Gasteiger partial charge on any atom is 0.417 e. The number of aryl methyl sites for hydroxylation is 1. The van der Waals surface area contributed by atoms with Crippen LogP contribution in [0.4, 0.5) is 18.9 Å². The third kappa shape index (κ3) is 4.76. The Morgan fingerprint density at radius 2 is 1.81 bits per heavy atom. The lowest BCUT2D eigenvalue weighted by Gasteiger charge is -2.19. The molecule has 6 nitrogen and oxygen atoms in total. The molecule has 0 saturated heterocycles. The minimum absolute atomic E-state index is 0.0113. The van der Waals surface area contributed by atoms with Gasteiger partial charge in [-0.2, -0.15) is 13.2 Å². The van der Waals surface area contributed by atoms with Gasteiger partial charge in [0.2, 0.25) is 0 Å². The fourth-order valence-electron chi connectivity index (χ4n) is 3.11. The summed E-state index contributed by atoms with van der Waals surface area (Å²) in [5.41, 5.74) is -1.06. The molecule has 0 aliphatic rings. The number of rotatable bonds is 6. The first-order valence-corrected chi connectivity index (χ1v) is 11.1. The Morgan fingerprint density at radius 1 is 1.16 bits per heavy atom. The van der Waals surface area contributed by atoms with Crippen LogP contribution in [-0.2, 0) is 27.4 Å².